The molecule has 4 N–H and O–H groups in total. The first kappa shape index (κ1) is 31.0. The van der Waals surface area contributed by atoms with Gasteiger partial charge in [0.05, 0.1) is 30.4 Å². The zero-order valence-corrected chi connectivity index (χ0v) is 23.2. The number of carbonyl (C=O) groups is 4. The molecule has 2 aromatic heterocycles. The van der Waals surface area contributed by atoms with E-state index in [1.54, 1.807) is 28.1 Å². The van der Waals surface area contributed by atoms with Crippen LogP contribution in [0.4, 0.5) is 0 Å². The minimum atomic E-state index is -1.21. The van der Waals surface area contributed by atoms with Crippen LogP contribution < -0.4 is 11.1 Å². The Morgan fingerprint density at radius 1 is 1.12 bits per heavy atom. The summed E-state index contributed by atoms with van der Waals surface area (Å²) >= 11 is 0. The van der Waals surface area contributed by atoms with Crippen molar-refractivity contribution in [3.05, 3.63) is 84.2 Å². The number of aromatic nitrogens is 3. The zero-order valence-electron chi connectivity index (χ0n) is 23.2. The first-order valence-corrected chi connectivity index (χ1v) is 13.4. The number of amides is 2. The van der Waals surface area contributed by atoms with Crippen molar-refractivity contribution >= 4 is 23.8 Å². The third-order valence-corrected chi connectivity index (χ3v) is 6.43. The van der Waals surface area contributed by atoms with Gasteiger partial charge in [0.15, 0.2) is 0 Å². The van der Waals surface area contributed by atoms with Crippen LogP contribution in [0.15, 0.2) is 67.4 Å². The van der Waals surface area contributed by atoms with Gasteiger partial charge in [-0.15, -0.1) is 0 Å². The molecule has 0 saturated carbocycles. The lowest BCUT2D eigenvalue weighted by Crippen LogP contribution is -2.48. The largest absolute Gasteiger partial charge is 0.480 e. The molecule has 0 spiro atoms. The van der Waals surface area contributed by atoms with Crippen LogP contribution in [0.25, 0.3) is 0 Å². The minimum absolute atomic E-state index is 0.0176. The maximum absolute atomic E-state index is 13.5. The van der Waals surface area contributed by atoms with Gasteiger partial charge in [0.1, 0.15) is 12.6 Å². The highest BCUT2D eigenvalue weighted by Crippen LogP contribution is 2.21. The Hall–Kier alpha value is -4.58. The van der Waals surface area contributed by atoms with Crippen molar-refractivity contribution in [2.45, 2.75) is 57.8 Å². The second kappa shape index (κ2) is 15.3. The number of esters is 1. The summed E-state index contributed by atoms with van der Waals surface area (Å²) < 4.78 is 7.18. The number of hydrogen-bond acceptors (Lipinski definition) is 8. The second-order valence-electron chi connectivity index (χ2n) is 9.60. The molecule has 3 aromatic rings. The average molecular weight is 565 g/mol. The Balaban J connectivity index is 1.58. The van der Waals surface area contributed by atoms with Gasteiger partial charge >= 0.3 is 11.9 Å². The van der Waals surface area contributed by atoms with E-state index in [1.165, 1.54) is 13.3 Å². The zero-order chi connectivity index (χ0) is 29.8. The highest BCUT2D eigenvalue weighted by Gasteiger charge is 2.27. The molecular weight excluding hydrogens is 528 g/mol. The number of benzene rings is 1. The fourth-order valence-electron chi connectivity index (χ4n) is 4.09. The van der Waals surface area contributed by atoms with E-state index in [0.29, 0.717) is 18.8 Å². The Morgan fingerprint density at radius 2 is 1.83 bits per heavy atom. The quantitative estimate of drug-likeness (QED) is 0.232. The average Bonchev–Trinajstić information content (AvgIpc) is 3.42. The molecule has 3 rings (SSSR count). The molecule has 0 fully saturated rings. The number of aryl methyl sites for hydroxylation is 1. The molecule has 41 heavy (non-hydrogen) atoms. The van der Waals surface area contributed by atoms with Crippen molar-refractivity contribution in [3.8, 4) is 0 Å². The molecule has 3 atom stereocenters. The molecule has 0 saturated heterocycles. The van der Waals surface area contributed by atoms with Gasteiger partial charge in [-0.1, -0.05) is 30.3 Å². The smallest absolute Gasteiger partial charge is 0.326 e. The van der Waals surface area contributed by atoms with Crippen LogP contribution >= 0.6 is 0 Å². The van der Waals surface area contributed by atoms with Crippen molar-refractivity contribution in [2.75, 3.05) is 13.2 Å². The van der Waals surface area contributed by atoms with E-state index in [9.17, 15) is 24.3 Å². The SMILES string of the molecule is CCN(Cc1ccncc1)C(=O)C(COC(=O)CCn1cnc(CC(NC(=O)C(C)N)C(=O)O)c1)c1ccccc1. The van der Waals surface area contributed by atoms with E-state index in [2.05, 4.69) is 15.3 Å². The standard InChI is InChI=1S/C29H36N6O6/c1-3-35(16-21-9-12-31-13-10-21)28(38)24(22-7-5-4-6-8-22)18-41-26(36)11-14-34-17-23(32-19-34)15-25(29(39)40)33-27(37)20(2)30/h4-10,12-13,17,19-20,24-25H,3,11,14-16,18,30H2,1-2H3,(H,33,37)(H,39,40). The normalized spacial score (nSPS) is 13.0. The van der Waals surface area contributed by atoms with Crippen molar-refractivity contribution in [3.63, 3.8) is 0 Å². The molecule has 0 aliphatic rings. The maximum atomic E-state index is 13.5. The number of rotatable bonds is 15. The molecule has 0 aliphatic carbocycles. The summed E-state index contributed by atoms with van der Waals surface area (Å²) in [7, 11) is 0. The topological polar surface area (TPSA) is 170 Å². The first-order chi connectivity index (χ1) is 19.7. The van der Waals surface area contributed by atoms with Crippen LogP contribution in [0.3, 0.4) is 0 Å². The van der Waals surface area contributed by atoms with Crippen LogP contribution in [0.1, 0.15) is 43.0 Å². The van der Waals surface area contributed by atoms with Gasteiger partial charge in [0, 0.05) is 44.6 Å². The predicted octanol–water partition coefficient (Wildman–Crippen LogP) is 1.50. The number of pyridine rings is 1. The number of carboxylic acid groups (broad SMARTS) is 1. The number of carboxylic acids is 1. The summed E-state index contributed by atoms with van der Waals surface area (Å²) in [6, 6.07) is 10.9. The van der Waals surface area contributed by atoms with Crippen LogP contribution in [-0.4, -0.2) is 73.5 Å². The van der Waals surface area contributed by atoms with Crippen molar-refractivity contribution < 1.29 is 29.0 Å². The number of hydrogen-bond donors (Lipinski definition) is 3. The van der Waals surface area contributed by atoms with Crippen molar-refractivity contribution in [1.82, 2.24) is 24.8 Å². The second-order valence-corrected chi connectivity index (χ2v) is 9.60. The van der Waals surface area contributed by atoms with E-state index >= 15 is 0 Å². The Labute approximate surface area is 238 Å². The number of carbonyl (C=O) groups excluding carboxylic acids is 3. The summed E-state index contributed by atoms with van der Waals surface area (Å²) in [4.78, 5) is 59.4. The molecule has 0 radical (unpaired) electrons. The molecule has 3 unspecified atom stereocenters. The van der Waals surface area contributed by atoms with Gasteiger partial charge in [-0.2, -0.15) is 0 Å². The summed E-state index contributed by atoms with van der Waals surface area (Å²) in [5.41, 5.74) is 7.63. The minimum Gasteiger partial charge on any atom is -0.480 e. The number of nitrogens with zero attached hydrogens (tertiary/aromatic N) is 4. The lowest BCUT2D eigenvalue weighted by Gasteiger charge is -2.26. The number of nitrogens with two attached hydrogens (primary N) is 1. The summed E-state index contributed by atoms with van der Waals surface area (Å²) in [6.45, 7) is 4.39. The van der Waals surface area contributed by atoms with E-state index < -0.39 is 35.8 Å². The lowest BCUT2D eigenvalue weighted by atomic mass is 9.98. The van der Waals surface area contributed by atoms with Crippen LogP contribution in [0, 0.1) is 0 Å². The lowest BCUT2D eigenvalue weighted by molar-refractivity contribution is -0.147. The fourth-order valence-corrected chi connectivity index (χ4v) is 4.09. The highest BCUT2D eigenvalue weighted by molar-refractivity contribution is 5.86. The van der Waals surface area contributed by atoms with E-state index in [0.717, 1.165) is 11.1 Å². The number of nitrogens with one attached hydrogen (secondary N) is 1. The van der Waals surface area contributed by atoms with Gasteiger partial charge in [0.2, 0.25) is 11.8 Å². The number of imidazole rings is 1. The van der Waals surface area contributed by atoms with Gasteiger partial charge in [-0.25, -0.2) is 9.78 Å². The fraction of sp³-hybridized carbons (Fsp3) is 0.379. The Kier molecular flexibility index (Phi) is 11.5. The molecule has 12 heteroatoms. The number of likely N-dealkylation sites (N-methyl/N-ethyl adjacent to an activating group) is 1. The Morgan fingerprint density at radius 3 is 2.46 bits per heavy atom. The molecule has 0 aliphatic heterocycles. The predicted molar refractivity (Wildman–Crippen MR) is 149 cm³/mol. The number of ether oxygens (including phenoxy) is 1. The molecule has 2 heterocycles. The van der Waals surface area contributed by atoms with E-state index in [4.69, 9.17) is 10.5 Å². The molecule has 2 amide bonds. The van der Waals surface area contributed by atoms with Crippen molar-refractivity contribution in [2.24, 2.45) is 5.73 Å². The molecule has 218 valence electrons. The van der Waals surface area contributed by atoms with E-state index in [1.807, 2.05) is 49.4 Å². The van der Waals surface area contributed by atoms with E-state index in [-0.39, 0.29) is 31.9 Å². The molecular formula is C29H36N6O6. The molecule has 0 bridgehead atoms. The van der Waals surface area contributed by atoms with Crippen LogP contribution in [-0.2, 0) is 43.4 Å². The number of aliphatic carboxylic acids is 1. The van der Waals surface area contributed by atoms with Gasteiger partial charge in [-0.05, 0) is 37.1 Å². The van der Waals surface area contributed by atoms with Gasteiger partial charge in [-0.3, -0.25) is 19.4 Å². The Bertz CT molecular complexity index is 1300. The maximum Gasteiger partial charge on any atom is 0.326 e. The molecule has 12 nitrogen and oxygen atoms in total. The van der Waals surface area contributed by atoms with Crippen LogP contribution in [0.5, 0.6) is 0 Å². The first-order valence-electron chi connectivity index (χ1n) is 13.4. The monoisotopic (exact) mass is 564 g/mol. The third-order valence-electron chi connectivity index (χ3n) is 6.43. The third kappa shape index (κ3) is 9.53. The molecule has 1 aromatic carbocycles. The summed E-state index contributed by atoms with van der Waals surface area (Å²) in [5, 5.41) is 11.8. The van der Waals surface area contributed by atoms with Gasteiger partial charge in [0.25, 0.3) is 0 Å². The summed E-state index contributed by atoms with van der Waals surface area (Å²) in [5.74, 6) is -3.08. The van der Waals surface area contributed by atoms with Gasteiger partial charge < -0.3 is 30.4 Å². The summed E-state index contributed by atoms with van der Waals surface area (Å²) in [6.07, 6.45) is 6.42. The van der Waals surface area contributed by atoms with Crippen LogP contribution in [0.2, 0.25) is 0 Å². The highest BCUT2D eigenvalue weighted by atomic mass is 16.5. The van der Waals surface area contributed by atoms with Crippen molar-refractivity contribution in [1.29, 1.82) is 0 Å².